The number of rotatable bonds is 6. The lowest BCUT2D eigenvalue weighted by molar-refractivity contribution is 0.484. The average molecular weight is 284 g/mol. The van der Waals surface area contributed by atoms with E-state index in [1.807, 2.05) is 30.7 Å². The Morgan fingerprint density at radius 3 is 2.43 bits per heavy atom. The van der Waals surface area contributed by atoms with Gasteiger partial charge in [0.25, 0.3) is 5.56 Å². The summed E-state index contributed by atoms with van der Waals surface area (Å²) in [5, 5.41) is 3.31. The molecule has 21 heavy (non-hydrogen) atoms. The van der Waals surface area contributed by atoms with Crippen LogP contribution in [-0.2, 0) is 13.0 Å². The SMILES string of the molecule is CCCc1ccc(C(Cn2c(C)cccc2=O)NC)cc1. The summed E-state index contributed by atoms with van der Waals surface area (Å²) in [6, 6.07) is 14.2. The van der Waals surface area contributed by atoms with Crippen molar-refractivity contribution >= 4 is 0 Å². The van der Waals surface area contributed by atoms with E-state index in [1.54, 1.807) is 6.07 Å². The maximum Gasteiger partial charge on any atom is 0.250 e. The summed E-state index contributed by atoms with van der Waals surface area (Å²) in [4.78, 5) is 12.0. The summed E-state index contributed by atoms with van der Waals surface area (Å²) in [5.74, 6) is 0. The lowest BCUT2D eigenvalue weighted by atomic mass is 10.0. The molecule has 1 atom stereocenters. The topological polar surface area (TPSA) is 34.0 Å². The first-order valence-electron chi connectivity index (χ1n) is 7.58. The lowest BCUT2D eigenvalue weighted by Gasteiger charge is -2.20. The van der Waals surface area contributed by atoms with Crippen LogP contribution in [0, 0.1) is 6.92 Å². The maximum atomic E-state index is 12.0. The van der Waals surface area contributed by atoms with Gasteiger partial charge in [-0.3, -0.25) is 4.79 Å². The Hall–Kier alpha value is -1.87. The molecule has 0 amide bonds. The van der Waals surface area contributed by atoms with Crippen molar-refractivity contribution in [1.82, 2.24) is 9.88 Å². The molecule has 0 aliphatic rings. The highest BCUT2D eigenvalue weighted by atomic mass is 16.1. The van der Waals surface area contributed by atoms with Gasteiger partial charge in [-0.2, -0.15) is 0 Å². The molecule has 2 rings (SSSR count). The fourth-order valence-corrected chi connectivity index (χ4v) is 2.61. The molecule has 0 saturated heterocycles. The highest BCUT2D eigenvalue weighted by Gasteiger charge is 2.11. The molecule has 0 radical (unpaired) electrons. The van der Waals surface area contributed by atoms with Crippen molar-refractivity contribution in [3.05, 3.63) is 69.6 Å². The summed E-state index contributed by atoms with van der Waals surface area (Å²) in [6.45, 7) is 4.81. The predicted octanol–water partition coefficient (Wildman–Crippen LogP) is 3.07. The minimum Gasteiger partial charge on any atom is -0.312 e. The van der Waals surface area contributed by atoms with Crippen LogP contribution in [0.1, 0.15) is 36.2 Å². The zero-order valence-electron chi connectivity index (χ0n) is 13.1. The van der Waals surface area contributed by atoms with Crippen LogP contribution in [0.3, 0.4) is 0 Å². The molecule has 1 unspecified atom stereocenters. The fourth-order valence-electron chi connectivity index (χ4n) is 2.61. The Kier molecular flexibility index (Phi) is 5.34. The molecule has 1 aromatic heterocycles. The number of hydrogen-bond acceptors (Lipinski definition) is 2. The Morgan fingerprint density at radius 2 is 1.86 bits per heavy atom. The van der Waals surface area contributed by atoms with Gasteiger partial charge in [0.15, 0.2) is 0 Å². The third kappa shape index (κ3) is 3.82. The van der Waals surface area contributed by atoms with E-state index in [9.17, 15) is 4.79 Å². The summed E-state index contributed by atoms with van der Waals surface area (Å²) < 4.78 is 1.82. The summed E-state index contributed by atoms with van der Waals surface area (Å²) in [7, 11) is 1.94. The Labute approximate surface area is 126 Å². The van der Waals surface area contributed by atoms with Crippen molar-refractivity contribution < 1.29 is 0 Å². The minimum absolute atomic E-state index is 0.0536. The monoisotopic (exact) mass is 284 g/mol. The number of aromatic nitrogens is 1. The molecule has 0 aliphatic heterocycles. The molecule has 0 fully saturated rings. The number of pyridine rings is 1. The molecule has 112 valence electrons. The molecular formula is C18H24N2O. The predicted molar refractivity (Wildman–Crippen MR) is 87.7 cm³/mol. The first-order chi connectivity index (χ1) is 10.2. The summed E-state index contributed by atoms with van der Waals surface area (Å²) in [5.41, 5.74) is 3.62. The van der Waals surface area contributed by atoms with E-state index in [0.717, 1.165) is 18.5 Å². The molecule has 0 spiro atoms. The Morgan fingerprint density at radius 1 is 1.14 bits per heavy atom. The summed E-state index contributed by atoms with van der Waals surface area (Å²) in [6.07, 6.45) is 2.27. The number of nitrogens with zero attached hydrogens (tertiary/aromatic N) is 1. The van der Waals surface area contributed by atoms with Crippen molar-refractivity contribution in [2.24, 2.45) is 0 Å². The van der Waals surface area contributed by atoms with E-state index in [0.29, 0.717) is 6.54 Å². The van der Waals surface area contributed by atoms with Gasteiger partial charge < -0.3 is 9.88 Å². The van der Waals surface area contributed by atoms with E-state index in [4.69, 9.17) is 0 Å². The highest BCUT2D eigenvalue weighted by molar-refractivity contribution is 5.25. The van der Waals surface area contributed by atoms with Crippen molar-refractivity contribution in [2.45, 2.75) is 39.3 Å². The van der Waals surface area contributed by atoms with Gasteiger partial charge in [-0.1, -0.05) is 43.7 Å². The molecule has 1 aromatic carbocycles. The maximum absolute atomic E-state index is 12.0. The molecule has 2 aromatic rings. The van der Waals surface area contributed by atoms with Crippen molar-refractivity contribution in [2.75, 3.05) is 7.05 Å². The van der Waals surface area contributed by atoms with Crippen LogP contribution >= 0.6 is 0 Å². The van der Waals surface area contributed by atoms with Gasteiger partial charge in [0.2, 0.25) is 0 Å². The van der Waals surface area contributed by atoms with Crippen molar-refractivity contribution in [3.8, 4) is 0 Å². The number of benzene rings is 1. The number of aryl methyl sites for hydroxylation is 2. The third-order valence-corrected chi connectivity index (χ3v) is 3.90. The quantitative estimate of drug-likeness (QED) is 0.884. The van der Waals surface area contributed by atoms with Crippen LogP contribution in [0.2, 0.25) is 0 Å². The van der Waals surface area contributed by atoms with Crippen LogP contribution in [0.5, 0.6) is 0 Å². The molecule has 3 nitrogen and oxygen atoms in total. The van der Waals surface area contributed by atoms with Gasteiger partial charge in [0, 0.05) is 18.3 Å². The molecule has 1 N–H and O–H groups in total. The van der Waals surface area contributed by atoms with Crippen LogP contribution in [0.25, 0.3) is 0 Å². The van der Waals surface area contributed by atoms with Crippen molar-refractivity contribution in [3.63, 3.8) is 0 Å². The zero-order valence-corrected chi connectivity index (χ0v) is 13.1. The number of nitrogens with one attached hydrogen (secondary N) is 1. The number of likely N-dealkylation sites (N-methyl/N-ethyl adjacent to an activating group) is 1. The minimum atomic E-state index is 0.0536. The van der Waals surface area contributed by atoms with E-state index in [-0.39, 0.29) is 11.6 Å². The van der Waals surface area contributed by atoms with Crippen LogP contribution < -0.4 is 10.9 Å². The van der Waals surface area contributed by atoms with Gasteiger partial charge in [0.1, 0.15) is 0 Å². The van der Waals surface area contributed by atoms with E-state index < -0.39 is 0 Å². The van der Waals surface area contributed by atoms with Crippen LogP contribution in [0.15, 0.2) is 47.3 Å². The fraction of sp³-hybridized carbons (Fsp3) is 0.389. The second-order valence-electron chi connectivity index (χ2n) is 5.45. The standard InChI is InChI=1S/C18H24N2O/c1-4-6-15-9-11-16(12-10-15)17(19-3)13-20-14(2)7-5-8-18(20)21/h5,7-12,17,19H,4,6,13H2,1-3H3. The molecule has 0 saturated carbocycles. The smallest absolute Gasteiger partial charge is 0.250 e. The third-order valence-electron chi connectivity index (χ3n) is 3.90. The average Bonchev–Trinajstić information content (AvgIpc) is 2.49. The van der Waals surface area contributed by atoms with Gasteiger partial charge in [0.05, 0.1) is 6.04 Å². The van der Waals surface area contributed by atoms with Gasteiger partial charge >= 0.3 is 0 Å². The van der Waals surface area contributed by atoms with Gasteiger partial charge in [-0.05, 0) is 37.6 Å². The Balaban J connectivity index is 2.22. The first kappa shape index (κ1) is 15.5. The second kappa shape index (κ2) is 7.23. The van der Waals surface area contributed by atoms with E-state index in [1.165, 1.54) is 11.1 Å². The first-order valence-corrected chi connectivity index (χ1v) is 7.58. The largest absolute Gasteiger partial charge is 0.312 e. The molecular weight excluding hydrogens is 260 g/mol. The molecule has 1 heterocycles. The van der Waals surface area contributed by atoms with Crippen LogP contribution in [-0.4, -0.2) is 11.6 Å². The van der Waals surface area contributed by atoms with E-state index in [2.05, 4.69) is 36.5 Å². The van der Waals surface area contributed by atoms with Gasteiger partial charge in [-0.25, -0.2) is 0 Å². The highest BCUT2D eigenvalue weighted by Crippen LogP contribution is 2.16. The zero-order chi connectivity index (χ0) is 15.2. The van der Waals surface area contributed by atoms with Crippen molar-refractivity contribution in [1.29, 1.82) is 0 Å². The second-order valence-corrected chi connectivity index (χ2v) is 5.45. The van der Waals surface area contributed by atoms with Gasteiger partial charge in [-0.15, -0.1) is 0 Å². The number of hydrogen-bond donors (Lipinski definition) is 1. The Bertz CT molecular complexity index is 628. The van der Waals surface area contributed by atoms with E-state index >= 15 is 0 Å². The lowest BCUT2D eigenvalue weighted by Crippen LogP contribution is -2.29. The normalized spacial score (nSPS) is 12.3. The van der Waals surface area contributed by atoms with Crippen LogP contribution in [0.4, 0.5) is 0 Å². The summed E-state index contributed by atoms with van der Waals surface area (Å²) >= 11 is 0. The molecule has 3 heteroatoms. The molecule has 0 bridgehead atoms. The molecule has 0 aliphatic carbocycles.